The third-order valence-corrected chi connectivity index (χ3v) is 5.96. The summed E-state index contributed by atoms with van der Waals surface area (Å²) in [6.07, 6.45) is 0.791. The van der Waals surface area contributed by atoms with Gasteiger partial charge in [0.05, 0.1) is 13.8 Å². The molecule has 1 aliphatic heterocycles. The summed E-state index contributed by atoms with van der Waals surface area (Å²) in [7, 11) is 3.70. The minimum atomic E-state index is 0.734. The van der Waals surface area contributed by atoms with Crippen LogP contribution >= 0.6 is 12.2 Å². The molecule has 0 radical (unpaired) electrons. The van der Waals surface area contributed by atoms with Crippen LogP contribution in [-0.2, 0) is 20.1 Å². The average Bonchev–Trinajstić information content (AvgIpc) is 3.03. The van der Waals surface area contributed by atoms with E-state index in [0.717, 1.165) is 55.6 Å². The van der Waals surface area contributed by atoms with Gasteiger partial charge in [0, 0.05) is 45.3 Å². The molecule has 29 heavy (non-hydrogen) atoms. The smallest absolute Gasteiger partial charge is 0.198 e. The van der Waals surface area contributed by atoms with E-state index in [-0.39, 0.29) is 0 Å². The van der Waals surface area contributed by atoms with Crippen LogP contribution in [0.2, 0.25) is 0 Å². The molecule has 2 heterocycles. The molecule has 0 N–H and O–H groups in total. The predicted molar refractivity (Wildman–Crippen MR) is 118 cm³/mol. The Bertz CT molecular complexity index is 988. The normalized spacial score (nSPS) is 14.9. The Morgan fingerprint density at radius 1 is 0.966 bits per heavy atom. The van der Waals surface area contributed by atoms with E-state index in [2.05, 4.69) is 46.2 Å². The lowest BCUT2D eigenvalue weighted by molar-refractivity contribution is 0.194. The van der Waals surface area contributed by atoms with Crippen LogP contribution in [0.3, 0.4) is 0 Å². The van der Waals surface area contributed by atoms with Crippen LogP contribution < -0.4 is 9.64 Å². The summed E-state index contributed by atoms with van der Waals surface area (Å²) in [5, 5.41) is 4.80. The van der Waals surface area contributed by atoms with E-state index in [1.165, 1.54) is 11.3 Å². The molecule has 0 saturated carbocycles. The summed E-state index contributed by atoms with van der Waals surface area (Å²) in [5.74, 6) is 1.89. The van der Waals surface area contributed by atoms with Gasteiger partial charge >= 0.3 is 0 Å². The van der Waals surface area contributed by atoms with Crippen LogP contribution in [0.25, 0.3) is 0 Å². The summed E-state index contributed by atoms with van der Waals surface area (Å²) in [6, 6.07) is 18.7. The standard InChI is InChI=1S/C22H27N5OS/c1-24-21(16-18-6-4-3-5-7-18)23-27(22(24)29)17-25-12-14-26(15-13-25)19-8-10-20(28-2)11-9-19/h3-11H,12-17H2,1-2H3. The van der Waals surface area contributed by atoms with Crippen LogP contribution in [0.15, 0.2) is 54.6 Å². The van der Waals surface area contributed by atoms with Crippen molar-refractivity contribution in [1.82, 2.24) is 19.2 Å². The van der Waals surface area contributed by atoms with Gasteiger partial charge in [-0.3, -0.25) is 4.90 Å². The molecule has 1 aromatic heterocycles. The van der Waals surface area contributed by atoms with Gasteiger partial charge < -0.3 is 14.2 Å². The molecule has 3 aromatic rings. The Balaban J connectivity index is 1.38. The number of rotatable bonds is 6. The molecule has 7 heteroatoms. The zero-order valence-electron chi connectivity index (χ0n) is 17.0. The van der Waals surface area contributed by atoms with Gasteiger partial charge in [0.25, 0.3) is 0 Å². The number of nitrogens with zero attached hydrogens (tertiary/aromatic N) is 5. The topological polar surface area (TPSA) is 38.5 Å². The van der Waals surface area contributed by atoms with Gasteiger partial charge in [0.1, 0.15) is 11.6 Å². The lowest BCUT2D eigenvalue weighted by Gasteiger charge is -2.35. The van der Waals surface area contributed by atoms with Gasteiger partial charge in [-0.1, -0.05) is 30.3 Å². The molecule has 2 aromatic carbocycles. The maximum absolute atomic E-state index is 5.64. The van der Waals surface area contributed by atoms with Crippen LogP contribution in [0.1, 0.15) is 11.4 Å². The lowest BCUT2D eigenvalue weighted by Crippen LogP contribution is -2.47. The van der Waals surface area contributed by atoms with Gasteiger partial charge in [0.2, 0.25) is 0 Å². The summed E-state index contributed by atoms with van der Waals surface area (Å²) in [5.41, 5.74) is 2.49. The van der Waals surface area contributed by atoms with Gasteiger partial charge in [-0.15, -0.1) is 0 Å². The molecule has 1 aliphatic rings. The molecule has 0 aliphatic carbocycles. The van der Waals surface area contributed by atoms with Crippen molar-refractivity contribution < 1.29 is 4.74 Å². The van der Waals surface area contributed by atoms with E-state index in [1.807, 2.05) is 34.5 Å². The summed E-state index contributed by atoms with van der Waals surface area (Å²) in [4.78, 5) is 4.82. The number of ether oxygens (including phenoxy) is 1. The summed E-state index contributed by atoms with van der Waals surface area (Å²) >= 11 is 5.64. The number of methoxy groups -OCH3 is 1. The zero-order valence-corrected chi connectivity index (χ0v) is 17.8. The first-order valence-electron chi connectivity index (χ1n) is 9.92. The first-order valence-corrected chi connectivity index (χ1v) is 10.3. The second-order valence-electron chi connectivity index (χ2n) is 7.36. The fourth-order valence-electron chi connectivity index (χ4n) is 3.69. The number of aromatic nitrogens is 3. The van der Waals surface area contributed by atoms with E-state index in [9.17, 15) is 0 Å². The number of anilines is 1. The zero-order chi connectivity index (χ0) is 20.2. The van der Waals surface area contributed by atoms with E-state index in [1.54, 1.807) is 7.11 Å². The first-order chi connectivity index (χ1) is 14.1. The molecule has 0 atom stereocenters. The molecule has 1 saturated heterocycles. The van der Waals surface area contributed by atoms with Crippen molar-refractivity contribution in [1.29, 1.82) is 0 Å². The van der Waals surface area contributed by atoms with Gasteiger partial charge in [-0.05, 0) is 42.0 Å². The molecule has 0 bridgehead atoms. The van der Waals surface area contributed by atoms with Gasteiger partial charge in [-0.2, -0.15) is 5.10 Å². The fourth-order valence-corrected chi connectivity index (χ4v) is 3.89. The second-order valence-corrected chi connectivity index (χ2v) is 7.73. The molecular weight excluding hydrogens is 382 g/mol. The predicted octanol–water partition coefficient (Wildman–Crippen LogP) is 3.33. The number of hydrogen-bond donors (Lipinski definition) is 0. The van der Waals surface area contributed by atoms with Crippen molar-refractivity contribution in [3.05, 3.63) is 70.8 Å². The number of hydrogen-bond acceptors (Lipinski definition) is 5. The van der Waals surface area contributed by atoms with E-state index < -0.39 is 0 Å². The molecule has 4 rings (SSSR count). The van der Waals surface area contributed by atoms with Gasteiger partial charge in [0.15, 0.2) is 4.77 Å². The third kappa shape index (κ3) is 4.52. The van der Waals surface area contributed by atoms with Crippen molar-refractivity contribution in [2.45, 2.75) is 13.1 Å². The highest BCUT2D eigenvalue weighted by molar-refractivity contribution is 7.71. The minimum Gasteiger partial charge on any atom is -0.497 e. The highest BCUT2D eigenvalue weighted by Gasteiger charge is 2.19. The molecule has 1 fully saturated rings. The van der Waals surface area contributed by atoms with Crippen molar-refractivity contribution in [3.8, 4) is 5.75 Å². The van der Waals surface area contributed by atoms with Crippen LogP contribution in [0.5, 0.6) is 5.75 Å². The van der Waals surface area contributed by atoms with Crippen LogP contribution in [0.4, 0.5) is 5.69 Å². The largest absolute Gasteiger partial charge is 0.497 e. The SMILES string of the molecule is COc1ccc(N2CCN(Cn3nc(Cc4ccccc4)n(C)c3=S)CC2)cc1. The monoisotopic (exact) mass is 409 g/mol. The minimum absolute atomic E-state index is 0.734. The van der Waals surface area contributed by atoms with Crippen LogP contribution in [-0.4, -0.2) is 52.5 Å². The lowest BCUT2D eigenvalue weighted by atomic mass is 10.1. The van der Waals surface area contributed by atoms with Crippen molar-refractivity contribution >= 4 is 17.9 Å². The highest BCUT2D eigenvalue weighted by Crippen LogP contribution is 2.20. The van der Waals surface area contributed by atoms with E-state index >= 15 is 0 Å². The molecular formula is C22H27N5OS. The van der Waals surface area contributed by atoms with E-state index in [0.29, 0.717) is 0 Å². The quantitative estimate of drug-likeness (QED) is 0.584. The summed E-state index contributed by atoms with van der Waals surface area (Å²) < 4.78 is 10.0. The highest BCUT2D eigenvalue weighted by atomic mass is 32.1. The number of benzene rings is 2. The summed E-state index contributed by atoms with van der Waals surface area (Å²) in [6.45, 7) is 4.68. The molecule has 152 valence electrons. The Kier molecular flexibility index (Phi) is 5.97. The second kappa shape index (κ2) is 8.80. The molecule has 6 nitrogen and oxygen atoms in total. The molecule has 0 amide bonds. The Morgan fingerprint density at radius 3 is 2.31 bits per heavy atom. The Morgan fingerprint density at radius 2 is 1.66 bits per heavy atom. The Labute approximate surface area is 176 Å². The van der Waals surface area contributed by atoms with Crippen molar-refractivity contribution in [3.63, 3.8) is 0 Å². The molecule has 0 unspecified atom stereocenters. The maximum Gasteiger partial charge on any atom is 0.198 e. The third-order valence-electron chi connectivity index (χ3n) is 5.48. The average molecular weight is 410 g/mol. The van der Waals surface area contributed by atoms with Crippen molar-refractivity contribution in [2.24, 2.45) is 7.05 Å². The van der Waals surface area contributed by atoms with Crippen LogP contribution in [0, 0.1) is 4.77 Å². The van der Waals surface area contributed by atoms with E-state index in [4.69, 9.17) is 22.1 Å². The van der Waals surface area contributed by atoms with Gasteiger partial charge in [-0.25, -0.2) is 4.68 Å². The first kappa shape index (κ1) is 19.7. The fraction of sp³-hybridized carbons (Fsp3) is 0.364. The Hall–Kier alpha value is -2.64. The molecule has 0 spiro atoms. The maximum atomic E-state index is 5.64. The number of piperazine rings is 1. The van der Waals surface area contributed by atoms with Crippen molar-refractivity contribution in [2.75, 3.05) is 38.2 Å².